The minimum atomic E-state index is -1.09. The van der Waals surface area contributed by atoms with Crippen LogP contribution < -0.4 is 19.1 Å². The number of thioether (sulfide) groups is 1. The second kappa shape index (κ2) is 12.4. The number of amides is 1. The van der Waals surface area contributed by atoms with Crippen molar-refractivity contribution in [3.05, 3.63) is 93.8 Å². The van der Waals surface area contributed by atoms with Crippen LogP contribution in [0.2, 0.25) is 0 Å². The maximum Gasteiger partial charge on any atom is 0.301 e. The van der Waals surface area contributed by atoms with E-state index < -0.39 is 17.7 Å². The number of carbonyl (C=O) groups is 2. The summed E-state index contributed by atoms with van der Waals surface area (Å²) >= 11 is 2.49. The van der Waals surface area contributed by atoms with Gasteiger partial charge in [0.05, 0.1) is 32.9 Å². The Balaban J connectivity index is 1.64. The monoisotopic (exact) mass is 621 g/mol. The predicted molar refractivity (Wildman–Crippen MR) is 163 cm³/mol. The Bertz CT molecular complexity index is 1710. The molecule has 1 N–H and O–H groups in total. The molecule has 1 aromatic heterocycles. The molecule has 0 spiro atoms. The zero-order valence-electron chi connectivity index (χ0n) is 24.0. The van der Waals surface area contributed by atoms with Gasteiger partial charge in [0, 0.05) is 11.3 Å². The van der Waals surface area contributed by atoms with Crippen molar-refractivity contribution in [1.82, 2.24) is 10.2 Å². The number of carbonyl (C=O) groups excluding carboxylic acids is 2. The Morgan fingerprint density at radius 3 is 2.28 bits per heavy atom. The Kier molecular flexibility index (Phi) is 8.69. The van der Waals surface area contributed by atoms with Gasteiger partial charge in [-0.3, -0.25) is 14.5 Å². The molecule has 222 valence electrons. The average Bonchev–Trinajstić information content (AvgIpc) is 3.58. The van der Waals surface area contributed by atoms with E-state index in [0.29, 0.717) is 38.5 Å². The maximum absolute atomic E-state index is 13.7. The number of aliphatic hydroxyl groups is 1. The molecule has 0 radical (unpaired) electrons. The highest BCUT2D eigenvalue weighted by Crippen LogP contribution is 2.48. The van der Waals surface area contributed by atoms with Crippen LogP contribution in [-0.4, -0.2) is 48.3 Å². The van der Waals surface area contributed by atoms with E-state index in [2.05, 4.69) is 10.2 Å². The van der Waals surface area contributed by atoms with Gasteiger partial charge in [0.15, 0.2) is 15.8 Å². The molecule has 9 nitrogen and oxygen atoms in total. The molecule has 4 aromatic rings. The molecule has 43 heavy (non-hydrogen) atoms. The molecule has 3 aromatic carbocycles. The number of rotatable bonds is 9. The summed E-state index contributed by atoms with van der Waals surface area (Å²) in [7, 11) is 4.39. The molecule has 1 atom stereocenters. The number of aliphatic hydroxyl groups excluding tert-OH is 1. The van der Waals surface area contributed by atoms with Crippen LogP contribution in [-0.2, 0) is 15.3 Å². The SMILES string of the molecule is COc1cc(C2/C(=C(\O)c3cc(C)ccc3C)C(=O)C(=O)N2c2nnc(SCc3ccc(F)cc3)s2)cc(OC)c1OC. The molecule has 1 aliphatic heterocycles. The minimum Gasteiger partial charge on any atom is -0.507 e. The van der Waals surface area contributed by atoms with Gasteiger partial charge < -0.3 is 19.3 Å². The molecule has 0 bridgehead atoms. The summed E-state index contributed by atoms with van der Waals surface area (Å²) in [6, 6.07) is 13.8. The molecule has 1 fully saturated rings. The van der Waals surface area contributed by atoms with Crippen LogP contribution in [0.3, 0.4) is 0 Å². The van der Waals surface area contributed by atoms with Gasteiger partial charge in [0.1, 0.15) is 11.6 Å². The number of ether oxygens (including phenoxy) is 3. The lowest BCUT2D eigenvalue weighted by Gasteiger charge is -2.24. The molecule has 2 heterocycles. The largest absolute Gasteiger partial charge is 0.507 e. The number of ketones is 1. The number of Topliss-reactive ketones (excluding diaryl/α,β-unsaturated/α-hetero) is 1. The lowest BCUT2D eigenvalue weighted by Crippen LogP contribution is -2.29. The number of aromatic nitrogens is 2. The van der Waals surface area contributed by atoms with E-state index in [1.165, 1.54) is 50.1 Å². The summed E-state index contributed by atoms with van der Waals surface area (Å²) in [5, 5.41) is 20.3. The van der Waals surface area contributed by atoms with E-state index >= 15 is 0 Å². The third kappa shape index (κ3) is 5.80. The number of anilines is 1. The number of aryl methyl sites for hydroxylation is 2. The molecule has 5 rings (SSSR count). The molecule has 1 aliphatic rings. The summed E-state index contributed by atoms with van der Waals surface area (Å²) in [6.45, 7) is 3.69. The zero-order valence-corrected chi connectivity index (χ0v) is 25.6. The van der Waals surface area contributed by atoms with Gasteiger partial charge in [-0.2, -0.15) is 0 Å². The van der Waals surface area contributed by atoms with E-state index in [4.69, 9.17) is 14.2 Å². The third-order valence-electron chi connectivity index (χ3n) is 6.97. The molecule has 12 heteroatoms. The minimum absolute atomic E-state index is 0.108. The van der Waals surface area contributed by atoms with Crippen LogP contribution in [0, 0.1) is 19.7 Å². The van der Waals surface area contributed by atoms with Crippen molar-refractivity contribution in [2.75, 3.05) is 26.2 Å². The highest BCUT2D eigenvalue weighted by molar-refractivity contribution is 8.00. The van der Waals surface area contributed by atoms with E-state index in [-0.39, 0.29) is 22.3 Å². The smallest absolute Gasteiger partial charge is 0.301 e. The number of nitrogens with zero attached hydrogens (tertiary/aromatic N) is 3. The Hall–Kier alpha value is -4.42. The fourth-order valence-electron chi connectivity index (χ4n) is 4.82. The molecule has 0 aliphatic carbocycles. The second-order valence-electron chi connectivity index (χ2n) is 9.71. The van der Waals surface area contributed by atoms with Crippen molar-refractivity contribution in [3.8, 4) is 17.2 Å². The standard InChI is InChI=1S/C31H28FN3O6S2/c1-16-6-7-17(2)21(12-16)26(36)24-25(19-13-22(39-3)28(41-5)23(14-19)40-4)35(29(38)27(24)37)30-33-34-31(43-30)42-15-18-8-10-20(32)11-9-18/h6-14,25,36H,15H2,1-5H3/b26-24+. The number of hydrogen-bond acceptors (Lipinski definition) is 10. The fraction of sp³-hybridized carbons (Fsp3) is 0.226. The van der Waals surface area contributed by atoms with Crippen LogP contribution in [0.5, 0.6) is 17.2 Å². The van der Waals surface area contributed by atoms with Gasteiger partial charge in [-0.25, -0.2) is 4.39 Å². The summed E-state index contributed by atoms with van der Waals surface area (Å²) in [6.07, 6.45) is 0. The fourth-order valence-corrected chi connectivity index (χ4v) is 6.65. The van der Waals surface area contributed by atoms with E-state index in [0.717, 1.165) is 28.0 Å². The van der Waals surface area contributed by atoms with Gasteiger partial charge >= 0.3 is 5.91 Å². The van der Waals surface area contributed by atoms with E-state index in [1.54, 1.807) is 30.3 Å². The first-order valence-electron chi connectivity index (χ1n) is 13.1. The van der Waals surface area contributed by atoms with Crippen LogP contribution >= 0.6 is 23.1 Å². The average molecular weight is 622 g/mol. The Morgan fingerprint density at radius 2 is 1.65 bits per heavy atom. The molecular formula is C31H28FN3O6S2. The predicted octanol–water partition coefficient (Wildman–Crippen LogP) is 6.24. The van der Waals surface area contributed by atoms with Gasteiger partial charge in [-0.05, 0) is 60.9 Å². The number of hydrogen-bond donors (Lipinski definition) is 1. The van der Waals surface area contributed by atoms with Crippen LogP contribution in [0.25, 0.3) is 5.76 Å². The number of halogens is 1. The summed E-state index contributed by atoms with van der Waals surface area (Å²) in [5.41, 5.74) is 3.24. The van der Waals surface area contributed by atoms with Crippen LogP contribution in [0.15, 0.2) is 64.5 Å². The summed E-state index contributed by atoms with van der Waals surface area (Å²) in [4.78, 5) is 28.6. The van der Waals surface area contributed by atoms with Crippen molar-refractivity contribution < 1.29 is 33.3 Å². The van der Waals surface area contributed by atoms with Gasteiger partial charge in [-0.15, -0.1) is 10.2 Å². The first-order chi connectivity index (χ1) is 20.7. The van der Waals surface area contributed by atoms with Gasteiger partial charge in [0.2, 0.25) is 10.9 Å². The summed E-state index contributed by atoms with van der Waals surface area (Å²) < 4.78 is 30.4. The molecule has 0 saturated carbocycles. The van der Waals surface area contributed by atoms with E-state index in [1.807, 2.05) is 26.0 Å². The quantitative estimate of drug-likeness (QED) is 0.0764. The Morgan fingerprint density at radius 1 is 0.977 bits per heavy atom. The topological polar surface area (TPSA) is 111 Å². The lowest BCUT2D eigenvalue weighted by molar-refractivity contribution is -0.132. The van der Waals surface area contributed by atoms with Crippen molar-refractivity contribution in [1.29, 1.82) is 0 Å². The normalized spacial score (nSPS) is 16.0. The highest BCUT2D eigenvalue weighted by Gasteiger charge is 2.49. The zero-order chi connectivity index (χ0) is 30.8. The maximum atomic E-state index is 13.7. The molecular weight excluding hydrogens is 593 g/mol. The first-order valence-corrected chi connectivity index (χ1v) is 14.9. The highest BCUT2D eigenvalue weighted by atomic mass is 32.2. The second-order valence-corrected chi connectivity index (χ2v) is 11.9. The molecule has 1 amide bonds. The van der Waals surface area contributed by atoms with Crippen molar-refractivity contribution in [3.63, 3.8) is 0 Å². The lowest BCUT2D eigenvalue weighted by atomic mass is 9.93. The van der Waals surface area contributed by atoms with Gasteiger partial charge in [-0.1, -0.05) is 52.9 Å². The van der Waals surface area contributed by atoms with Crippen LogP contribution in [0.4, 0.5) is 9.52 Å². The van der Waals surface area contributed by atoms with Gasteiger partial charge in [0.25, 0.3) is 5.78 Å². The van der Waals surface area contributed by atoms with Crippen molar-refractivity contribution in [2.45, 2.75) is 30.0 Å². The molecule has 1 saturated heterocycles. The van der Waals surface area contributed by atoms with Crippen LogP contribution in [0.1, 0.15) is 33.9 Å². The number of benzene rings is 3. The Labute approximate surface area is 255 Å². The van der Waals surface area contributed by atoms with Crippen molar-refractivity contribution >= 4 is 45.7 Å². The van der Waals surface area contributed by atoms with E-state index in [9.17, 15) is 19.1 Å². The first kappa shape index (κ1) is 30.1. The van der Waals surface area contributed by atoms with Crippen molar-refractivity contribution in [2.24, 2.45) is 0 Å². The number of methoxy groups -OCH3 is 3. The third-order valence-corrected chi connectivity index (χ3v) is 9.10. The molecule has 1 unspecified atom stereocenters. The summed E-state index contributed by atoms with van der Waals surface area (Å²) in [5.74, 6) is -0.924.